The van der Waals surface area contributed by atoms with Crippen LogP contribution < -0.4 is 10.6 Å². The largest absolute Gasteiger partial charge is 0.338 e. The van der Waals surface area contributed by atoms with Crippen molar-refractivity contribution >= 4 is 6.03 Å². The Kier molecular flexibility index (Phi) is 5.11. The lowest BCUT2D eigenvalue weighted by molar-refractivity contribution is 0.240. The number of carbonyl (C=O) groups is 1. The zero-order valence-electron chi connectivity index (χ0n) is 11.5. The molecule has 2 N–H and O–H groups in total. The molecule has 2 rings (SSSR count). The maximum Gasteiger partial charge on any atom is 0.315 e. The summed E-state index contributed by atoms with van der Waals surface area (Å²) >= 11 is 0. The highest BCUT2D eigenvalue weighted by Crippen LogP contribution is 2.05. The van der Waals surface area contributed by atoms with Crippen LogP contribution >= 0.6 is 0 Å². The summed E-state index contributed by atoms with van der Waals surface area (Å²) < 4.78 is 1.83. The van der Waals surface area contributed by atoms with Crippen molar-refractivity contribution in [3.05, 3.63) is 42.6 Å². The Balaban J connectivity index is 1.81. The second-order valence-corrected chi connectivity index (χ2v) is 4.46. The van der Waals surface area contributed by atoms with E-state index < -0.39 is 0 Å². The van der Waals surface area contributed by atoms with Gasteiger partial charge in [-0.25, -0.2) is 14.8 Å². The molecule has 20 heavy (non-hydrogen) atoms. The maximum atomic E-state index is 11.5. The molecule has 106 valence electrons. The summed E-state index contributed by atoms with van der Waals surface area (Å²) in [5.74, 6) is 0.804. The van der Waals surface area contributed by atoms with E-state index >= 15 is 0 Å². The van der Waals surface area contributed by atoms with E-state index in [1.165, 1.54) is 0 Å². The zero-order valence-corrected chi connectivity index (χ0v) is 11.5. The van der Waals surface area contributed by atoms with Crippen LogP contribution in [0.5, 0.6) is 0 Å². The van der Waals surface area contributed by atoms with Gasteiger partial charge in [0.15, 0.2) is 0 Å². The van der Waals surface area contributed by atoms with E-state index in [2.05, 4.69) is 27.5 Å². The van der Waals surface area contributed by atoms with Gasteiger partial charge in [0.1, 0.15) is 12.1 Å². The van der Waals surface area contributed by atoms with Crippen molar-refractivity contribution in [2.45, 2.75) is 26.3 Å². The van der Waals surface area contributed by atoms with E-state index in [0.717, 1.165) is 24.2 Å². The normalized spacial score (nSPS) is 10.2. The summed E-state index contributed by atoms with van der Waals surface area (Å²) in [4.78, 5) is 19.8. The van der Waals surface area contributed by atoms with Crippen LogP contribution in [-0.2, 0) is 6.54 Å². The second kappa shape index (κ2) is 7.28. The Morgan fingerprint density at radius 2 is 2.25 bits per heavy atom. The molecule has 2 aromatic heterocycles. The van der Waals surface area contributed by atoms with Crippen molar-refractivity contribution in [1.82, 2.24) is 25.2 Å². The van der Waals surface area contributed by atoms with E-state index in [1.54, 1.807) is 18.7 Å². The van der Waals surface area contributed by atoms with Crippen LogP contribution in [0.3, 0.4) is 0 Å². The number of hydrogen-bond donors (Lipinski definition) is 2. The predicted molar refractivity (Wildman–Crippen MR) is 76.5 cm³/mol. The molecule has 0 bridgehead atoms. The first kappa shape index (κ1) is 14.0. The first-order valence-corrected chi connectivity index (χ1v) is 6.74. The zero-order chi connectivity index (χ0) is 14.2. The number of pyridine rings is 1. The molecule has 0 radical (unpaired) electrons. The molecule has 2 amide bonds. The van der Waals surface area contributed by atoms with E-state index in [1.807, 2.05) is 22.9 Å². The van der Waals surface area contributed by atoms with Gasteiger partial charge in [-0.2, -0.15) is 0 Å². The van der Waals surface area contributed by atoms with Crippen molar-refractivity contribution < 1.29 is 4.79 Å². The monoisotopic (exact) mass is 273 g/mol. The predicted octanol–water partition coefficient (Wildman–Crippen LogP) is 1.87. The molecule has 0 unspecified atom stereocenters. The Labute approximate surface area is 118 Å². The van der Waals surface area contributed by atoms with Crippen molar-refractivity contribution in [1.29, 1.82) is 0 Å². The van der Waals surface area contributed by atoms with Gasteiger partial charge in [-0.1, -0.05) is 19.4 Å². The van der Waals surface area contributed by atoms with Crippen molar-refractivity contribution in [2.75, 3.05) is 6.54 Å². The SMILES string of the molecule is CCCCNC(=O)NCc1ccc(-n2ccnc2)nc1. The minimum absolute atomic E-state index is 0.142. The molecule has 0 fully saturated rings. The molecule has 0 saturated heterocycles. The number of unbranched alkanes of at least 4 members (excludes halogenated alkanes) is 1. The lowest BCUT2D eigenvalue weighted by atomic mass is 10.3. The summed E-state index contributed by atoms with van der Waals surface area (Å²) in [6, 6.07) is 3.69. The molecule has 0 aliphatic heterocycles. The Hall–Kier alpha value is -2.37. The molecule has 0 aliphatic carbocycles. The van der Waals surface area contributed by atoms with E-state index in [9.17, 15) is 4.79 Å². The topological polar surface area (TPSA) is 71.8 Å². The van der Waals surface area contributed by atoms with E-state index in [0.29, 0.717) is 13.1 Å². The van der Waals surface area contributed by atoms with Crippen molar-refractivity contribution in [3.63, 3.8) is 0 Å². The minimum atomic E-state index is -0.142. The fourth-order valence-corrected chi connectivity index (χ4v) is 1.69. The molecular formula is C14H19N5O. The van der Waals surface area contributed by atoms with Gasteiger partial charge in [-0.15, -0.1) is 0 Å². The molecule has 0 atom stereocenters. The smallest absolute Gasteiger partial charge is 0.315 e. The van der Waals surface area contributed by atoms with Crippen LogP contribution in [0.25, 0.3) is 5.82 Å². The van der Waals surface area contributed by atoms with Crippen LogP contribution in [0.4, 0.5) is 4.79 Å². The quantitative estimate of drug-likeness (QED) is 0.789. The Morgan fingerprint density at radius 1 is 1.35 bits per heavy atom. The van der Waals surface area contributed by atoms with Gasteiger partial charge in [0.25, 0.3) is 0 Å². The van der Waals surface area contributed by atoms with Crippen molar-refractivity contribution in [3.8, 4) is 5.82 Å². The van der Waals surface area contributed by atoms with E-state index in [4.69, 9.17) is 0 Å². The van der Waals surface area contributed by atoms with Crippen LogP contribution in [0, 0.1) is 0 Å². The third-order valence-electron chi connectivity index (χ3n) is 2.85. The number of nitrogens with zero attached hydrogens (tertiary/aromatic N) is 3. The molecule has 0 aliphatic rings. The van der Waals surface area contributed by atoms with Crippen LogP contribution in [-0.4, -0.2) is 27.1 Å². The van der Waals surface area contributed by atoms with Gasteiger partial charge in [0.05, 0.1) is 0 Å². The molecule has 0 spiro atoms. The highest BCUT2D eigenvalue weighted by atomic mass is 16.2. The van der Waals surface area contributed by atoms with Crippen LogP contribution in [0.2, 0.25) is 0 Å². The fraction of sp³-hybridized carbons (Fsp3) is 0.357. The van der Waals surface area contributed by atoms with Gasteiger partial charge < -0.3 is 10.6 Å². The van der Waals surface area contributed by atoms with Gasteiger partial charge in [-0.05, 0) is 18.1 Å². The number of hydrogen-bond acceptors (Lipinski definition) is 3. The number of nitrogens with one attached hydrogen (secondary N) is 2. The van der Waals surface area contributed by atoms with Gasteiger partial charge in [0.2, 0.25) is 0 Å². The fourth-order valence-electron chi connectivity index (χ4n) is 1.69. The number of urea groups is 1. The highest BCUT2D eigenvalue weighted by Gasteiger charge is 2.01. The average molecular weight is 273 g/mol. The third kappa shape index (κ3) is 4.08. The lowest BCUT2D eigenvalue weighted by Gasteiger charge is -2.07. The number of aromatic nitrogens is 3. The number of amides is 2. The number of rotatable bonds is 6. The molecule has 2 heterocycles. The standard InChI is InChI=1S/C14H19N5O/c1-2-3-6-16-14(20)18-10-12-4-5-13(17-9-12)19-8-7-15-11-19/h4-5,7-9,11H,2-3,6,10H2,1H3,(H2,16,18,20). The molecule has 0 saturated carbocycles. The minimum Gasteiger partial charge on any atom is -0.338 e. The molecule has 0 aromatic carbocycles. The Bertz CT molecular complexity index is 521. The summed E-state index contributed by atoms with van der Waals surface area (Å²) in [6.45, 7) is 3.27. The lowest BCUT2D eigenvalue weighted by Crippen LogP contribution is -2.35. The molecule has 6 nitrogen and oxygen atoms in total. The van der Waals surface area contributed by atoms with Crippen molar-refractivity contribution in [2.24, 2.45) is 0 Å². The highest BCUT2D eigenvalue weighted by molar-refractivity contribution is 5.73. The van der Waals surface area contributed by atoms with E-state index in [-0.39, 0.29) is 6.03 Å². The number of carbonyl (C=O) groups excluding carboxylic acids is 1. The summed E-state index contributed by atoms with van der Waals surface area (Å²) in [5.41, 5.74) is 0.958. The van der Waals surface area contributed by atoms with Crippen LogP contribution in [0.15, 0.2) is 37.1 Å². The summed E-state index contributed by atoms with van der Waals surface area (Å²) in [5, 5.41) is 5.61. The maximum absolute atomic E-state index is 11.5. The van der Waals surface area contributed by atoms with Gasteiger partial charge in [-0.3, -0.25) is 4.57 Å². The summed E-state index contributed by atoms with van der Waals surface area (Å²) in [6.07, 6.45) is 9.05. The average Bonchev–Trinajstić information content (AvgIpc) is 3.00. The Morgan fingerprint density at radius 3 is 2.90 bits per heavy atom. The first-order valence-electron chi connectivity index (χ1n) is 6.74. The third-order valence-corrected chi connectivity index (χ3v) is 2.85. The molecule has 2 aromatic rings. The van der Waals surface area contributed by atoms with Gasteiger partial charge in [0, 0.05) is 31.7 Å². The first-order chi connectivity index (χ1) is 9.79. The second-order valence-electron chi connectivity index (χ2n) is 4.46. The summed E-state index contributed by atoms with van der Waals surface area (Å²) in [7, 11) is 0. The van der Waals surface area contributed by atoms with Gasteiger partial charge >= 0.3 is 6.03 Å². The molecular weight excluding hydrogens is 254 g/mol. The molecule has 6 heteroatoms. The number of imidazole rings is 1. The van der Waals surface area contributed by atoms with Crippen LogP contribution in [0.1, 0.15) is 25.3 Å².